The van der Waals surface area contributed by atoms with Crippen molar-refractivity contribution in [2.24, 2.45) is 11.8 Å². The molecule has 1 unspecified atom stereocenters. The predicted octanol–water partition coefficient (Wildman–Crippen LogP) is 6.71. The van der Waals surface area contributed by atoms with Crippen molar-refractivity contribution in [3.8, 4) is 0 Å². The van der Waals surface area contributed by atoms with Crippen molar-refractivity contribution in [2.45, 2.75) is 79.1 Å². The molecule has 0 spiro atoms. The van der Waals surface area contributed by atoms with Gasteiger partial charge in [0.05, 0.1) is 0 Å². The topological polar surface area (TPSA) is 18.5 Å². The maximum absolute atomic E-state index is 6.81. The third kappa shape index (κ3) is 8.21. The average Bonchev–Trinajstić information content (AvgIpc) is 2.82. The Hall–Kier alpha value is -1.42. The maximum Gasteiger partial charge on any atom is 0.407 e. The summed E-state index contributed by atoms with van der Waals surface area (Å²) in [5, 5.41) is 2.43. The van der Waals surface area contributed by atoms with E-state index in [1.165, 1.54) is 48.9 Å². The largest absolute Gasteiger partial charge is 0.407 e. The van der Waals surface area contributed by atoms with Crippen LogP contribution in [-0.2, 0) is 8.85 Å². The monoisotopic (exact) mass is 440 g/mol. The Morgan fingerprint density at radius 1 is 0.677 bits per heavy atom. The van der Waals surface area contributed by atoms with Gasteiger partial charge in [0.1, 0.15) is 0 Å². The molecular weight excluding hydrogens is 396 g/mol. The molecule has 0 aliphatic rings. The molecule has 1 atom stereocenters. The number of rotatable bonds is 16. The molecule has 0 amide bonds. The van der Waals surface area contributed by atoms with Crippen molar-refractivity contribution < 1.29 is 8.85 Å². The number of benzene rings is 2. The molecule has 0 aliphatic carbocycles. The zero-order valence-corrected chi connectivity index (χ0v) is 21.3. The molecule has 0 saturated heterocycles. The average molecular weight is 441 g/mol. The van der Waals surface area contributed by atoms with E-state index in [1.807, 2.05) is 0 Å². The van der Waals surface area contributed by atoms with E-state index in [2.05, 4.69) is 88.4 Å². The van der Waals surface area contributed by atoms with Crippen molar-refractivity contribution in [2.75, 3.05) is 13.2 Å². The second-order valence-corrected chi connectivity index (χ2v) is 11.9. The molecule has 2 aromatic carbocycles. The van der Waals surface area contributed by atoms with Crippen molar-refractivity contribution >= 4 is 18.9 Å². The zero-order valence-electron chi connectivity index (χ0n) is 20.3. The van der Waals surface area contributed by atoms with E-state index in [9.17, 15) is 0 Å². The molecule has 0 fully saturated rings. The molecule has 3 heteroatoms. The molecule has 0 bridgehead atoms. The number of hydrogen-bond donors (Lipinski definition) is 0. The first kappa shape index (κ1) is 25.8. The lowest BCUT2D eigenvalue weighted by molar-refractivity contribution is 0.179. The maximum atomic E-state index is 6.81. The quantitative estimate of drug-likeness (QED) is 0.213. The van der Waals surface area contributed by atoms with Crippen LogP contribution in [0.25, 0.3) is 0 Å². The molecule has 0 N–H and O–H groups in total. The highest BCUT2D eigenvalue weighted by molar-refractivity contribution is 6.92. The van der Waals surface area contributed by atoms with Crippen LogP contribution >= 0.6 is 0 Å². The van der Waals surface area contributed by atoms with Crippen LogP contribution in [0.1, 0.15) is 79.1 Å². The zero-order chi connectivity index (χ0) is 22.4. The fourth-order valence-electron chi connectivity index (χ4n) is 4.43. The third-order valence-corrected chi connectivity index (χ3v) is 9.86. The van der Waals surface area contributed by atoms with Gasteiger partial charge in [-0.3, -0.25) is 0 Å². The molecule has 2 aromatic rings. The van der Waals surface area contributed by atoms with Gasteiger partial charge in [-0.2, -0.15) is 0 Å². The van der Waals surface area contributed by atoms with Gasteiger partial charge in [0, 0.05) is 13.2 Å². The minimum absolute atomic E-state index is 0.761. The molecule has 0 aromatic heterocycles. The lowest BCUT2D eigenvalue weighted by Crippen LogP contribution is -2.63. The van der Waals surface area contributed by atoms with E-state index in [1.54, 1.807) is 0 Å². The van der Waals surface area contributed by atoms with Gasteiger partial charge in [0.2, 0.25) is 0 Å². The van der Waals surface area contributed by atoms with Gasteiger partial charge in [0.15, 0.2) is 0 Å². The van der Waals surface area contributed by atoms with Crippen molar-refractivity contribution in [3.05, 3.63) is 60.7 Å². The van der Waals surface area contributed by atoms with E-state index >= 15 is 0 Å². The molecule has 0 aliphatic heterocycles. The minimum Gasteiger partial charge on any atom is -0.388 e. The molecule has 2 nitrogen and oxygen atoms in total. The van der Waals surface area contributed by atoms with E-state index in [0.29, 0.717) is 0 Å². The van der Waals surface area contributed by atoms with E-state index < -0.39 is 8.56 Å². The predicted molar refractivity (Wildman–Crippen MR) is 136 cm³/mol. The Labute approximate surface area is 192 Å². The van der Waals surface area contributed by atoms with Gasteiger partial charge in [-0.25, -0.2) is 0 Å². The minimum atomic E-state index is -2.73. The van der Waals surface area contributed by atoms with Crippen LogP contribution in [0.15, 0.2) is 60.7 Å². The van der Waals surface area contributed by atoms with Gasteiger partial charge >= 0.3 is 8.56 Å². The highest BCUT2D eigenvalue weighted by atomic mass is 28.4. The fraction of sp³-hybridized carbons (Fsp3) is 0.571. The van der Waals surface area contributed by atoms with Crippen LogP contribution < -0.4 is 10.4 Å². The van der Waals surface area contributed by atoms with Crippen LogP contribution in [-0.4, -0.2) is 21.8 Å². The number of hydrogen-bond acceptors (Lipinski definition) is 2. The molecule has 31 heavy (non-hydrogen) atoms. The summed E-state index contributed by atoms with van der Waals surface area (Å²) < 4.78 is 13.6. The van der Waals surface area contributed by atoms with Gasteiger partial charge in [0.25, 0.3) is 0 Å². The Kier molecular flexibility index (Phi) is 12.2. The highest BCUT2D eigenvalue weighted by Crippen LogP contribution is 2.18. The van der Waals surface area contributed by atoms with Crippen LogP contribution in [0.5, 0.6) is 0 Å². The normalized spacial score (nSPS) is 12.9. The fourth-order valence-corrected chi connectivity index (χ4v) is 7.64. The standard InChI is InChI=1S/C28H44O2Si/c1-5-16-25(4)17-14-23-29-31(27-19-10-8-11-20-27,28-21-12-9-13-22-28)30-24-15-18-26(6-2)7-3/h8-13,19-22,25-26H,5-7,14-18,23-24H2,1-4H3. The van der Waals surface area contributed by atoms with Crippen LogP contribution in [0.2, 0.25) is 0 Å². The lowest BCUT2D eigenvalue weighted by Gasteiger charge is -2.32. The summed E-state index contributed by atoms with van der Waals surface area (Å²) in [7, 11) is -2.73. The van der Waals surface area contributed by atoms with Crippen molar-refractivity contribution in [1.29, 1.82) is 0 Å². The molecule has 2 rings (SSSR count). The smallest absolute Gasteiger partial charge is 0.388 e. The summed E-state index contributed by atoms with van der Waals surface area (Å²) in [6.45, 7) is 10.7. The SMILES string of the molecule is CCCC(C)CCCO[Si](OCCCC(CC)CC)(c1ccccc1)c1ccccc1. The second kappa shape index (κ2) is 14.6. The Morgan fingerprint density at radius 3 is 1.61 bits per heavy atom. The van der Waals surface area contributed by atoms with Crippen molar-refractivity contribution in [3.63, 3.8) is 0 Å². The molecular formula is C28H44O2Si. The summed E-state index contributed by atoms with van der Waals surface area (Å²) in [5.74, 6) is 1.56. The Balaban J connectivity index is 2.18. The molecule has 0 heterocycles. The third-order valence-electron chi connectivity index (χ3n) is 6.45. The van der Waals surface area contributed by atoms with Gasteiger partial charge in [-0.1, -0.05) is 114 Å². The summed E-state index contributed by atoms with van der Waals surface area (Å²) in [6.07, 6.45) is 9.70. The summed E-state index contributed by atoms with van der Waals surface area (Å²) >= 11 is 0. The molecule has 172 valence electrons. The van der Waals surface area contributed by atoms with Gasteiger partial charge < -0.3 is 8.85 Å². The van der Waals surface area contributed by atoms with Crippen LogP contribution in [0, 0.1) is 11.8 Å². The first-order valence-corrected chi connectivity index (χ1v) is 14.4. The lowest BCUT2D eigenvalue weighted by atomic mass is 9.98. The summed E-state index contributed by atoms with van der Waals surface area (Å²) in [4.78, 5) is 0. The first-order valence-electron chi connectivity index (χ1n) is 12.5. The van der Waals surface area contributed by atoms with Crippen LogP contribution in [0.3, 0.4) is 0 Å². The van der Waals surface area contributed by atoms with E-state index in [-0.39, 0.29) is 0 Å². The Morgan fingerprint density at radius 2 is 1.16 bits per heavy atom. The van der Waals surface area contributed by atoms with E-state index in [4.69, 9.17) is 8.85 Å². The summed E-state index contributed by atoms with van der Waals surface area (Å²) in [5.41, 5.74) is 0. The Bertz CT molecular complexity index is 645. The molecule has 0 radical (unpaired) electrons. The second-order valence-electron chi connectivity index (χ2n) is 8.91. The van der Waals surface area contributed by atoms with E-state index in [0.717, 1.165) is 37.9 Å². The highest BCUT2D eigenvalue weighted by Gasteiger charge is 2.42. The molecule has 0 saturated carbocycles. The first-order chi connectivity index (χ1) is 15.2. The van der Waals surface area contributed by atoms with Crippen LogP contribution in [0.4, 0.5) is 0 Å². The summed E-state index contributed by atoms with van der Waals surface area (Å²) in [6, 6.07) is 21.4. The van der Waals surface area contributed by atoms with Gasteiger partial charge in [-0.05, 0) is 47.9 Å². The van der Waals surface area contributed by atoms with Gasteiger partial charge in [-0.15, -0.1) is 0 Å². The van der Waals surface area contributed by atoms with Crippen molar-refractivity contribution in [1.82, 2.24) is 0 Å².